The summed E-state index contributed by atoms with van der Waals surface area (Å²) in [6, 6.07) is 7.75. The van der Waals surface area contributed by atoms with Crippen LogP contribution in [0, 0.1) is 0 Å². The largest absolute Gasteiger partial charge is 0.416 e. The standard InChI is InChI=1S/C21H24F3N3O4S/c1-2-25-32(29,30)16-9-10-17(19-8-3-4-11-31-19)18(13-16)27-20(28)26-15-7-5-6-14(12-15)21(22,23)24/h5-7,9-10,12-13,19,25H,2-4,8,11H2,1H3,(H2,26,27,28). The van der Waals surface area contributed by atoms with E-state index in [1.165, 1.54) is 24.3 Å². The van der Waals surface area contributed by atoms with Gasteiger partial charge in [0.1, 0.15) is 0 Å². The molecule has 3 rings (SSSR count). The van der Waals surface area contributed by atoms with Gasteiger partial charge >= 0.3 is 12.2 Å². The van der Waals surface area contributed by atoms with Crippen LogP contribution in [0.5, 0.6) is 0 Å². The molecule has 1 atom stereocenters. The number of anilines is 2. The number of halogens is 3. The normalized spacial score (nSPS) is 17.1. The minimum atomic E-state index is -4.55. The summed E-state index contributed by atoms with van der Waals surface area (Å²) in [5.41, 5.74) is -0.144. The molecular weight excluding hydrogens is 447 g/mol. The smallest absolute Gasteiger partial charge is 0.373 e. The summed E-state index contributed by atoms with van der Waals surface area (Å²) in [5.74, 6) is 0. The highest BCUT2D eigenvalue weighted by Crippen LogP contribution is 2.34. The summed E-state index contributed by atoms with van der Waals surface area (Å²) >= 11 is 0. The first-order valence-corrected chi connectivity index (χ1v) is 11.6. The van der Waals surface area contributed by atoms with Crippen molar-refractivity contribution in [2.24, 2.45) is 0 Å². The van der Waals surface area contributed by atoms with Crippen LogP contribution >= 0.6 is 0 Å². The van der Waals surface area contributed by atoms with Crippen molar-refractivity contribution in [3.63, 3.8) is 0 Å². The lowest BCUT2D eigenvalue weighted by molar-refractivity contribution is -0.137. The molecule has 11 heteroatoms. The Bertz CT molecular complexity index is 1070. The van der Waals surface area contributed by atoms with E-state index >= 15 is 0 Å². The molecule has 1 aliphatic rings. The fourth-order valence-corrected chi connectivity index (χ4v) is 4.48. The highest BCUT2D eigenvalue weighted by atomic mass is 32.2. The van der Waals surface area contributed by atoms with E-state index in [0.717, 1.165) is 25.0 Å². The number of carbonyl (C=O) groups is 1. The third-order valence-electron chi connectivity index (χ3n) is 4.89. The number of benzene rings is 2. The van der Waals surface area contributed by atoms with Crippen molar-refractivity contribution in [2.75, 3.05) is 23.8 Å². The van der Waals surface area contributed by atoms with Crippen LogP contribution in [0.4, 0.5) is 29.3 Å². The molecule has 2 aromatic carbocycles. The van der Waals surface area contributed by atoms with Crippen molar-refractivity contribution in [1.29, 1.82) is 0 Å². The fraction of sp³-hybridized carbons (Fsp3) is 0.381. The van der Waals surface area contributed by atoms with Gasteiger partial charge in [-0.05, 0) is 49.6 Å². The maximum Gasteiger partial charge on any atom is 0.416 e. The van der Waals surface area contributed by atoms with Crippen LogP contribution in [0.15, 0.2) is 47.4 Å². The average molecular weight is 472 g/mol. The third-order valence-corrected chi connectivity index (χ3v) is 6.44. The number of alkyl halides is 3. The van der Waals surface area contributed by atoms with Crippen molar-refractivity contribution in [2.45, 2.75) is 43.4 Å². The SMILES string of the molecule is CCNS(=O)(=O)c1ccc(C2CCCCO2)c(NC(=O)Nc2cccc(C(F)(F)F)c2)c1. The molecule has 1 unspecified atom stereocenters. The summed E-state index contributed by atoms with van der Waals surface area (Å²) in [6.45, 7) is 2.37. The second kappa shape index (κ2) is 9.88. The number of rotatable bonds is 6. The Labute approximate surface area is 184 Å². The zero-order valence-corrected chi connectivity index (χ0v) is 18.1. The van der Waals surface area contributed by atoms with Crippen molar-refractivity contribution in [3.05, 3.63) is 53.6 Å². The van der Waals surface area contributed by atoms with Crippen LogP contribution in [-0.2, 0) is 20.9 Å². The molecule has 174 valence electrons. The third kappa shape index (κ3) is 5.99. The molecule has 0 radical (unpaired) electrons. The molecule has 32 heavy (non-hydrogen) atoms. The van der Waals surface area contributed by atoms with Gasteiger partial charge in [0.15, 0.2) is 0 Å². The van der Waals surface area contributed by atoms with Crippen molar-refractivity contribution < 1.29 is 31.1 Å². The molecule has 0 bridgehead atoms. The van der Waals surface area contributed by atoms with Crippen LogP contribution in [-0.4, -0.2) is 27.6 Å². The summed E-state index contributed by atoms with van der Waals surface area (Å²) in [5, 5.41) is 4.93. The Morgan fingerprint density at radius 2 is 1.91 bits per heavy atom. The zero-order valence-electron chi connectivity index (χ0n) is 17.3. The Hall–Kier alpha value is -2.63. The van der Waals surface area contributed by atoms with Crippen molar-refractivity contribution in [3.8, 4) is 0 Å². The quantitative estimate of drug-likeness (QED) is 0.559. The van der Waals surface area contributed by atoms with Crippen LogP contribution in [0.2, 0.25) is 0 Å². The van der Waals surface area contributed by atoms with E-state index in [2.05, 4.69) is 15.4 Å². The molecule has 1 aliphatic heterocycles. The molecule has 1 heterocycles. The number of carbonyl (C=O) groups excluding carboxylic acids is 1. The Balaban J connectivity index is 1.87. The lowest BCUT2D eigenvalue weighted by Crippen LogP contribution is -2.25. The van der Waals surface area contributed by atoms with Gasteiger partial charge in [0.25, 0.3) is 0 Å². The molecular formula is C21H24F3N3O4S. The number of nitrogens with one attached hydrogen (secondary N) is 3. The van der Waals surface area contributed by atoms with E-state index in [1.807, 2.05) is 0 Å². The molecule has 2 aromatic rings. The predicted octanol–water partition coefficient (Wildman–Crippen LogP) is 4.89. The lowest BCUT2D eigenvalue weighted by atomic mass is 10.00. The second-order valence-corrected chi connectivity index (χ2v) is 9.03. The summed E-state index contributed by atoms with van der Waals surface area (Å²) in [6.07, 6.45) is -2.36. The Morgan fingerprint density at radius 1 is 1.12 bits per heavy atom. The topological polar surface area (TPSA) is 96.5 Å². The van der Waals surface area contributed by atoms with Crippen molar-refractivity contribution >= 4 is 27.4 Å². The number of hydrogen-bond donors (Lipinski definition) is 3. The predicted molar refractivity (Wildman–Crippen MR) is 114 cm³/mol. The fourth-order valence-electron chi connectivity index (χ4n) is 3.41. The van der Waals surface area contributed by atoms with E-state index in [1.54, 1.807) is 13.0 Å². The molecule has 0 saturated carbocycles. The number of urea groups is 1. The number of hydrogen-bond acceptors (Lipinski definition) is 4. The van der Waals surface area contributed by atoms with E-state index < -0.39 is 27.8 Å². The van der Waals surface area contributed by atoms with Gasteiger partial charge in [-0.2, -0.15) is 13.2 Å². The first-order valence-electron chi connectivity index (χ1n) is 10.1. The van der Waals surface area contributed by atoms with Gasteiger partial charge < -0.3 is 15.4 Å². The van der Waals surface area contributed by atoms with Gasteiger partial charge in [0.05, 0.1) is 16.6 Å². The summed E-state index contributed by atoms with van der Waals surface area (Å²) < 4.78 is 71.7. The number of sulfonamides is 1. The second-order valence-electron chi connectivity index (χ2n) is 7.26. The maximum absolute atomic E-state index is 12.9. The molecule has 2 amide bonds. The lowest BCUT2D eigenvalue weighted by Gasteiger charge is -2.25. The van der Waals surface area contributed by atoms with E-state index in [-0.39, 0.29) is 28.9 Å². The van der Waals surface area contributed by atoms with Gasteiger partial charge in [-0.15, -0.1) is 0 Å². The monoisotopic (exact) mass is 471 g/mol. The summed E-state index contributed by atoms with van der Waals surface area (Å²) in [4.78, 5) is 12.5. The van der Waals surface area contributed by atoms with Gasteiger partial charge in [-0.25, -0.2) is 17.9 Å². The maximum atomic E-state index is 12.9. The van der Waals surface area contributed by atoms with E-state index in [4.69, 9.17) is 4.74 Å². The van der Waals surface area contributed by atoms with Crippen LogP contribution in [0.25, 0.3) is 0 Å². The average Bonchev–Trinajstić information content (AvgIpc) is 2.74. The molecule has 0 aromatic heterocycles. The number of amides is 2. The highest BCUT2D eigenvalue weighted by molar-refractivity contribution is 7.89. The van der Waals surface area contributed by atoms with Crippen molar-refractivity contribution in [1.82, 2.24) is 4.72 Å². The van der Waals surface area contributed by atoms with Gasteiger partial charge in [0.2, 0.25) is 10.0 Å². The van der Waals surface area contributed by atoms with Gasteiger partial charge in [0, 0.05) is 30.1 Å². The zero-order chi connectivity index (χ0) is 23.4. The highest BCUT2D eigenvalue weighted by Gasteiger charge is 2.30. The minimum Gasteiger partial charge on any atom is -0.373 e. The van der Waals surface area contributed by atoms with E-state index in [9.17, 15) is 26.4 Å². The van der Waals surface area contributed by atoms with Gasteiger partial charge in [-0.1, -0.05) is 19.1 Å². The summed E-state index contributed by atoms with van der Waals surface area (Å²) in [7, 11) is -3.78. The molecule has 7 nitrogen and oxygen atoms in total. The van der Waals surface area contributed by atoms with Gasteiger partial charge in [-0.3, -0.25) is 0 Å². The first kappa shape index (κ1) is 24.0. The Morgan fingerprint density at radius 3 is 2.56 bits per heavy atom. The molecule has 0 spiro atoms. The van der Waals surface area contributed by atoms with Crippen LogP contribution in [0.3, 0.4) is 0 Å². The Kier molecular flexibility index (Phi) is 7.42. The van der Waals surface area contributed by atoms with E-state index in [0.29, 0.717) is 18.6 Å². The van der Waals surface area contributed by atoms with Crippen LogP contribution < -0.4 is 15.4 Å². The molecule has 0 aliphatic carbocycles. The molecule has 1 saturated heterocycles. The minimum absolute atomic E-state index is 0.0479. The van der Waals surface area contributed by atoms with Crippen LogP contribution in [0.1, 0.15) is 43.4 Å². The number of ether oxygens (including phenoxy) is 1. The first-order chi connectivity index (χ1) is 15.1. The molecule has 3 N–H and O–H groups in total. The molecule has 1 fully saturated rings.